The molecule has 0 saturated heterocycles. The zero-order chi connectivity index (χ0) is 16.2. The Morgan fingerprint density at radius 1 is 1.09 bits per heavy atom. The Morgan fingerprint density at radius 3 is 2.61 bits per heavy atom. The highest BCUT2D eigenvalue weighted by Crippen LogP contribution is 2.22. The molecule has 0 aliphatic rings. The van der Waals surface area contributed by atoms with E-state index in [4.69, 9.17) is 11.6 Å². The lowest BCUT2D eigenvalue weighted by atomic mass is 10.2. The van der Waals surface area contributed by atoms with Crippen LogP contribution in [0.3, 0.4) is 0 Å². The van der Waals surface area contributed by atoms with Crippen LogP contribution in [0.15, 0.2) is 48.5 Å². The van der Waals surface area contributed by atoms with E-state index >= 15 is 0 Å². The quantitative estimate of drug-likeness (QED) is 0.681. The molecule has 116 valence electrons. The summed E-state index contributed by atoms with van der Waals surface area (Å²) >= 11 is 6.06. The number of carbonyl (C=O) groups is 1. The van der Waals surface area contributed by atoms with E-state index in [9.17, 15) is 4.79 Å². The van der Waals surface area contributed by atoms with E-state index in [1.165, 1.54) is 0 Å². The van der Waals surface area contributed by atoms with Crippen molar-refractivity contribution in [3.05, 3.63) is 64.8 Å². The molecule has 3 rings (SSSR count). The van der Waals surface area contributed by atoms with Gasteiger partial charge in [0, 0.05) is 16.4 Å². The molecule has 3 N–H and O–H groups in total. The Balaban J connectivity index is 1.78. The molecule has 6 nitrogen and oxygen atoms in total. The van der Waals surface area contributed by atoms with Crippen LogP contribution in [-0.2, 0) is 0 Å². The molecular formula is C16H14ClN5O. The van der Waals surface area contributed by atoms with Gasteiger partial charge in [0.05, 0.1) is 0 Å². The highest BCUT2D eigenvalue weighted by molar-refractivity contribution is 6.31. The van der Waals surface area contributed by atoms with Gasteiger partial charge >= 0.3 is 0 Å². The predicted molar refractivity (Wildman–Crippen MR) is 90.2 cm³/mol. The van der Waals surface area contributed by atoms with Crippen molar-refractivity contribution in [2.75, 3.05) is 10.6 Å². The summed E-state index contributed by atoms with van der Waals surface area (Å²) in [5, 5.41) is 16.7. The SMILES string of the molecule is Cc1ccc(NC(=O)c2n[nH]nc2Nc2ccccc2)cc1Cl. The second-order valence-electron chi connectivity index (χ2n) is 4.93. The van der Waals surface area contributed by atoms with Crippen LogP contribution in [0.5, 0.6) is 0 Å². The second kappa shape index (κ2) is 6.50. The van der Waals surface area contributed by atoms with Gasteiger partial charge in [-0.15, -0.1) is 10.2 Å². The van der Waals surface area contributed by atoms with E-state index in [-0.39, 0.29) is 11.6 Å². The van der Waals surface area contributed by atoms with Crippen molar-refractivity contribution >= 4 is 34.7 Å². The van der Waals surface area contributed by atoms with E-state index in [0.717, 1.165) is 11.3 Å². The Morgan fingerprint density at radius 2 is 1.87 bits per heavy atom. The summed E-state index contributed by atoms with van der Waals surface area (Å²) in [4.78, 5) is 12.4. The fourth-order valence-corrected chi connectivity index (χ4v) is 2.18. The Bertz CT molecular complexity index is 831. The standard InChI is InChI=1S/C16H14ClN5O/c1-10-7-8-12(9-13(10)17)19-16(23)14-15(21-22-20-14)18-11-5-3-2-4-6-11/h2-9H,1H3,(H,19,23)(H2,18,20,21,22). The van der Waals surface area contributed by atoms with Crippen molar-refractivity contribution in [2.24, 2.45) is 0 Å². The van der Waals surface area contributed by atoms with E-state index in [0.29, 0.717) is 16.5 Å². The molecule has 0 radical (unpaired) electrons. The predicted octanol–water partition coefficient (Wildman–Crippen LogP) is 3.76. The topological polar surface area (TPSA) is 82.7 Å². The first-order valence-corrected chi connectivity index (χ1v) is 7.31. The first-order valence-electron chi connectivity index (χ1n) is 6.94. The van der Waals surface area contributed by atoms with Gasteiger partial charge in [0.1, 0.15) is 0 Å². The van der Waals surface area contributed by atoms with E-state index in [1.807, 2.05) is 43.3 Å². The Hall–Kier alpha value is -2.86. The summed E-state index contributed by atoms with van der Waals surface area (Å²) in [6.07, 6.45) is 0. The number of nitrogens with one attached hydrogen (secondary N) is 3. The number of hydrogen-bond donors (Lipinski definition) is 3. The fourth-order valence-electron chi connectivity index (χ4n) is 2.00. The highest BCUT2D eigenvalue weighted by atomic mass is 35.5. The first kappa shape index (κ1) is 15.1. The molecule has 1 amide bonds. The molecule has 1 heterocycles. The van der Waals surface area contributed by atoms with E-state index < -0.39 is 0 Å². The monoisotopic (exact) mass is 327 g/mol. The van der Waals surface area contributed by atoms with Gasteiger partial charge in [0.2, 0.25) is 0 Å². The van der Waals surface area contributed by atoms with Gasteiger partial charge in [0.15, 0.2) is 11.5 Å². The summed E-state index contributed by atoms with van der Waals surface area (Å²) in [5.41, 5.74) is 2.52. The van der Waals surface area contributed by atoms with Crippen LogP contribution in [-0.4, -0.2) is 21.3 Å². The molecule has 1 aromatic heterocycles. The zero-order valence-corrected chi connectivity index (χ0v) is 13.1. The van der Waals surface area contributed by atoms with Crippen LogP contribution in [0.4, 0.5) is 17.2 Å². The number of amides is 1. The fraction of sp³-hybridized carbons (Fsp3) is 0.0625. The molecule has 3 aromatic rings. The summed E-state index contributed by atoms with van der Waals surface area (Å²) < 4.78 is 0. The Labute approximate surface area is 137 Å². The van der Waals surface area contributed by atoms with Gasteiger partial charge < -0.3 is 10.6 Å². The van der Waals surface area contributed by atoms with E-state index in [1.54, 1.807) is 12.1 Å². The van der Waals surface area contributed by atoms with Gasteiger partial charge in [0.25, 0.3) is 5.91 Å². The maximum atomic E-state index is 12.4. The third-order valence-electron chi connectivity index (χ3n) is 3.23. The van der Waals surface area contributed by atoms with Gasteiger partial charge in [-0.3, -0.25) is 4.79 Å². The number of nitrogens with zero attached hydrogens (tertiary/aromatic N) is 2. The number of aromatic nitrogens is 3. The molecule has 0 unspecified atom stereocenters. The van der Waals surface area contributed by atoms with Gasteiger partial charge in [-0.2, -0.15) is 5.21 Å². The normalized spacial score (nSPS) is 10.3. The van der Waals surface area contributed by atoms with Crippen LogP contribution < -0.4 is 10.6 Å². The maximum Gasteiger partial charge on any atom is 0.280 e. The van der Waals surface area contributed by atoms with Gasteiger partial charge in [-0.1, -0.05) is 35.9 Å². The lowest BCUT2D eigenvalue weighted by molar-refractivity contribution is 0.102. The molecule has 0 saturated carbocycles. The molecule has 0 aliphatic carbocycles. The summed E-state index contributed by atoms with van der Waals surface area (Å²) in [6, 6.07) is 14.7. The van der Waals surface area contributed by atoms with Crippen LogP contribution >= 0.6 is 11.6 Å². The van der Waals surface area contributed by atoms with Crippen molar-refractivity contribution in [3.63, 3.8) is 0 Å². The van der Waals surface area contributed by atoms with Crippen LogP contribution in [0, 0.1) is 6.92 Å². The largest absolute Gasteiger partial charge is 0.337 e. The molecule has 7 heteroatoms. The van der Waals surface area contributed by atoms with Crippen molar-refractivity contribution < 1.29 is 4.79 Å². The Kier molecular flexibility index (Phi) is 4.25. The van der Waals surface area contributed by atoms with Crippen LogP contribution in [0.1, 0.15) is 16.1 Å². The van der Waals surface area contributed by atoms with Crippen molar-refractivity contribution in [1.82, 2.24) is 15.4 Å². The summed E-state index contributed by atoms with van der Waals surface area (Å²) in [7, 11) is 0. The number of halogens is 1. The summed E-state index contributed by atoms with van der Waals surface area (Å²) in [5.74, 6) is -0.0241. The second-order valence-corrected chi connectivity index (χ2v) is 5.34. The maximum absolute atomic E-state index is 12.4. The number of rotatable bonds is 4. The third kappa shape index (κ3) is 3.49. The number of H-pyrrole nitrogens is 1. The molecule has 0 spiro atoms. The van der Waals surface area contributed by atoms with Crippen LogP contribution in [0.25, 0.3) is 0 Å². The number of para-hydroxylation sites is 1. The number of aromatic amines is 1. The number of benzene rings is 2. The minimum Gasteiger partial charge on any atom is -0.337 e. The van der Waals surface area contributed by atoms with Gasteiger partial charge in [-0.05, 0) is 36.8 Å². The molecule has 2 aromatic carbocycles. The smallest absolute Gasteiger partial charge is 0.280 e. The number of anilines is 3. The molecule has 0 fully saturated rings. The minimum atomic E-state index is -0.378. The lowest BCUT2D eigenvalue weighted by Crippen LogP contribution is -2.14. The molecule has 23 heavy (non-hydrogen) atoms. The van der Waals surface area contributed by atoms with Gasteiger partial charge in [-0.25, -0.2) is 0 Å². The zero-order valence-electron chi connectivity index (χ0n) is 12.3. The average Bonchev–Trinajstić information content (AvgIpc) is 3.00. The molecule has 0 bridgehead atoms. The third-order valence-corrected chi connectivity index (χ3v) is 3.64. The minimum absolute atomic E-state index is 0.172. The first-order chi connectivity index (χ1) is 11.1. The number of hydrogen-bond acceptors (Lipinski definition) is 4. The number of aryl methyl sites for hydroxylation is 1. The molecule has 0 atom stereocenters. The molecule has 0 aliphatic heterocycles. The highest BCUT2D eigenvalue weighted by Gasteiger charge is 2.17. The van der Waals surface area contributed by atoms with Crippen molar-refractivity contribution in [3.8, 4) is 0 Å². The van der Waals surface area contributed by atoms with Crippen LogP contribution in [0.2, 0.25) is 5.02 Å². The van der Waals surface area contributed by atoms with Crippen molar-refractivity contribution in [1.29, 1.82) is 0 Å². The van der Waals surface area contributed by atoms with Crippen molar-refractivity contribution in [2.45, 2.75) is 6.92 Å². The summed E-state index contributed by atoms with van der Waals surface area (Å²) in [6.45, 7) is 1.90. The molecular weight excluding hydrogens is 314 g/mol. The number of carbonyl (C=O) groups excluding carboxylic acids is 1. The lowest BCUT2D eigenvalue weighted by Gasteiger charge is -2.07. The van der Waals surface area contributed by atoms with E-state index in [2.05, 4.69) is 26.0 Å². The average molecular weight is 328 g/mol.